The van der Waals surface area contributed by atoms with Crippen LogP contribution in [-0.4, -0.2) is 15.2 Å². The lowest BCUT2D eigenvalue weighted by Crippen LogP contribution is -2.10. The van der Waals surface area contributed by atoms with Crippen LogP contribution in [0.15, 0.2) is 10.2 Å². The zero-order valence-electron chi connectivity index (χ0n) is 11.4. The maximum Gasteiger partial charge on any atom is 0.304 e. The van der Waals surface area contributed by atoms with E-state index < -0.39 is 0 Å². The topological polar surface area (TPSA) is 94.5 Å². The summed E-state index contributed by atoms with van der Waals surface area (Å²) in [6.07, 6.45) is 1.49. The molecule has 0 aliphatic carbocycles. The van der Waals surface area contributed by atoms with Crippen molar-refractivity contribution in [3.05, 3.63) is 37.6 Å². The maximum atomic E-state index is 11.1. The summed E-state index contributed by atoms with van der Waals surface area (Å²) >= 11 is 1.11. The lowest BCUT2D eigenvalue weighted by molar-refractivity contribution is 0.867. The molecule has 7 heteroatoms. The van der Waals surface area contributed by atoms with Crippen molar-refractivity contribution >= 4 is 17.2 Å². The summed E-state index contributed by atoms with van der Waals surface area (Å²) in [5, 5.41) is 22.4. The van der Waals surface area contributed by atoms with E-state index in [1.807, 2.05) is 13.8 Å². The van der Waals surface area contributed by atoms with Gasteiger partial charge in [0.25, 0.3) is 0 Å². The number of thiazole rings is 1. The fourth-order valence-corrected chi connectivity index (χ4v) is 2.58. The molecule has 2 aromatic rings. The summed E-state index contributed by atoms with van der Waals surface area (Å²) in [7, 11) is 0. The third kappa shape index (κ3) is 2.86. The van der Waals surface area contributed by atoms with Crippen LogP contribution in [0.3, 0.4) is 0 Å². The monoisotopic (exact) mass is 289 g/mol. The first-order chi connectivity index (χ1) is 9.69. The Kier molecular flexibility index (Phi) is 4.48. The lowest BCUT2D eigenvalue weighted by atomic mass is 10.0. The van der Waals surface area contributed by atoms with Gasteiger partial charge in [-0.3, -0.25) is 4.79 Å². The van der Waals surface area contributed by atoms with Crippen molar-refractivity contribution in [3.63, 3.8) is 0 Å². The minimum Gasteiger partial charge on any atom is -0.362 e. The number of nitriles is 1. The predicted molar refractivity (Wildman–Crippen MR) is 77.8 cm³/mol. The third-order valence-corrected chi connectivity index (χ3v) is 3.69. The minimum absolute atomic E-state index is 0.0935. The highest BCUT2D eigenvalue weighted by Crippen LogP contribution is 2.20. The van der Waals surface area contributed by atoms with Crippen LogP contribution in [-0.2, 0) is 19.4 Å². The van der Waals surface area contributed by atoms with E-state index in [1.165, 1.54) is 0 Å². The van der Waals surface area contributed by atoms with Gasteiger partial charge in [-0.05, 0) is 18.4 Å². The molecule has 0 amide bonds. The number of hydrogen-bond donors (Lipinski definition) is 2. The molecular formula is C13H15N5OS. The van der Waals surface area contributed by atoms with Gasteiger partial charge in [0.05, 0.1) is 12.2 Å². The summed E-state index contributed by atoms with van der Waals surface area (Å²) in [6, 6.07) is 2.20. The van der Waals surface area contributed by atoms with E-state index in [0.29, 0.717) is 17.9 Å². The van der Waals surface area contributed by atoms with Gasteiger partial charge in [0, 0.05) is 11.1 Å². The number of aromatic amines is 1. The summed E-state index contributed by atoms with van der Waals surface area (Å²) < 4.78 is 0. The predicted octanol–water partition coefficient (Wildman–Crippen LogP) is 1.83. The first kappa shape index (κ1) is 14.2. The molecule has 2 N–H and O–H groups in total. The van der Waals surface area contributed by atoms with E-state index in [2.05, 4.69) is 26.6 Å². The van der Waals surface area contributed by atoms with Gasteiger partial charge in [-0.2, -0.15) is 10.4 Å². The van der Waals surface area contributed by atoms with Gasteiger partial charge in [0.15, 0.2) is 5.82 Å². The van der Waals surface area contributed by atoms with Crippen LogP contribution in [0.4, 0.5) is 5.82 Å². The first-order valence-electron chi connectivity index (χ1n) is 6.38. The van der Waals surface area contributed by atoms with Crippen molar-refractivity contribution in [2.24, 2.45) is 0 Å². The van der Waals surface area contributed by atoms with E-state index in [-0.39, 0.29) is 4.87 Å². The highest BCUT2D eigenvalue weighted by molar-refractivity contribution is 7.07. The van der Waals surface area contributed by atoms with Crippen molar-refractivity contribution in [1.29, 1.82) is 5.26 Å². The fourth-order valence-electron chi connectivity index (χ4n) is 2.00. The van der Waals surface area contributed by atoms with Gasteiger partial charge >= 0.3 is 4.87 Å². The Bertz CT molecular complexity index is 698. The molecule has 0 saturated carbocycles. The highest BCUT2D eigenvalue weighted by atomic mass is 32.1. The average Bonchev–Trinajstić information content (AvgIpc) is 2.89. The van der Waals surface area contributed by atoms with Crippen molar-refractivity contribution in [3.8, 4) is 6.07 Å². The molecule has 0 bridgehead atoms. The smallest absolute Gasteiger partial charge is 0.304 e. The molecule has 0 unspecified atom stereocenters. The van der Waals surface area contributed by atoms with Crippen LogP contribution >= 0.6 is 11.3 Å². The van der Waals surface area contributed by atoms with Gasteiger partial charge in [0.1, 0.15) is 11.6 Å². The molecular weight excluding hydrogens is 274 g/mol. The zero-order chi connectivity index (χ0) is 14.5. The van der Waals surface area contributed by atoms with Gasteiger partial charge in [0.2, 0.25) is 0 Å². The number of aryl methyl sites for hydroxylation is 1. The maximum absolute atomic E-state index is 11.1. The number of anilines is 1. The molecule has 0 aliphatic rings. The molecule has 0 saturated heterocycles. The van der Waals surface area contributed by atoms with Crippen molar-refractivity contribution in [1.82, 2.24) is 15.2 Å². The number of nitrogens with one attached hydrogen (secondary N) is 2. The Balaban J connectivity index is 2.28. The lowest BCUT2D eigenvalue weighted by Gasteiger charge is -2.11. The highest BCUT2D eigenvalue weighted by Gasteiger charge is 2.14. The molecule has 0 radical (unpaired) electrons. The molecule has 104 valence electrons. The zero-order valence-corrected chi connectivity index (χ0v) is 12.2. The molecule has 2 rings (SSSR count). The number of H-pyrrole nitrogens is 1. The van der Waals surface area contributed by atoms with E-state index in [9.17, 15) is 10.1 Å². The second kappa shape index (κ2) is 6.30. The molecule has 0 aliphatic heterocycles. The quantitative estimate of drug-likeness (QED) is 0.875. The molecule has 0 fully saturated rings. The number of hydrogen-bond acceptors (Lipinski definition) is 6. The molecule has 6 nitrogen and oxygen atoms in total. The van der Waals surface area contributed by atoms with Crippen molar-refractivity contribution in [2.75, 3.05) is 5.32 Å². The Morgan fingerprint density at radius 1 is 1.40 bits per heavy atom. The summed E-state index contributed by atoms with van der Waals surface area (Å²) in [5.41, 5.74) is 3.10. The number of aromatic nitrogens is 3. The second-order valence-corrected chi connectivity index (χ2v) is 5.04. The van der Waals surface area contributed by atoms with Crippen molar-refractivity contribution in [2.45, 2.75) is 33.2 Å². The first-order valence-corrected chi connectivity index (χ1v) is 7.26. The van der Waals surface area contributed by atoms with Gasteiger partial charge in [-0.15, -0.1) is 5.10 Å². The Morgan fingerprint density at radius 3 is 2.75 bits per heavy atom. The van der Waals surface area contributed by atoms with Gasteiger partial charge in [-0.25, -0.2) is 0 Å². The summed E-state index contributed by atoms with van der Waals surface area (Å²) in [4.78, 5) is 13.7. The van der Waals surface area contributed by atoms with Crippen molar-refractivity contribution < 1.29 is 0 Å². The Labute approximate surface area is 120 Å². The largest absolute Gasteiger partial charge is 0.362 e. The van der Waals surface area contributed by atoms with Gasteiger partial charge < -0.3 is 10.3 Å². The molecule has 0 spiro atoms. The van der Waals surface area contributed by atoms with E-state index in [0.717, 1.165) is 41.1 Å². The summed E-state index contributed by atoms with van der Waals surface area (Å²) in [5.74, 6) is 0.466. The van der Waals surface area contributed by atoms with E-state index in [4.69, 9.17) is 0 Å². The fraction of sp³-hybridized carbons (Fsp3) is 0.385. The molecule has 0 atom stereocenters. The van der Waals surface area contributed by atoms with Crippen LogP contribution in [0.5, 0.6) is 0 Å². The number of rotatable bonds is 5. The van der Waals surface area contributed by atoms with Crippen LogP contribution in [0, 0.1) is 11.3 Å². The SMILES string of the molecule is CCc1nnc(NCc2csc(=O)[nH]2)c(C#N)c1CC. The standard InChI is InChI=1S/C13H15N5OS/c1-3-9-10(5-14)12(18-17-11(9)4-2)15-6-8-7-20-13(19)16-8/h7H,3-4,6H2,1-2H3,(H,15,18)(H,16,19). The van der Waals surface area contributed by atoms with Crippen LogP contribution in [0.2, 0.25) is 0 Å². The molecule has 2 aromatic heterocycles. The Morgan fingerprint density at radius 2 is 2.20 bits per heavy atom. The second-order valence-electron chi connectivity index (χ2n) is 4.19. The van der Waals surface area contributed by atoms with E-state index >= 15 is 0 Å². The summed E-state index contributed by atoms with van der Waals surface area (Å²) in [6.45, 7) is 4.40. The molecule has 20 heavy (non-hydrogen) atoms. The Hall–Kier alpha value is -2.20. The van der Waals surface area contributed by atoms with Gasteiger partial charge in [-0.1, -0.05) is 25.2 Å². The number of nitrogens with zero attached hydrogens (tertiary/aromatic N) is 3. The van der Waals surface area contributed by atoms with E-state index in [1.54, 1.807) is 5.38 Å². The third-order valence-electron chi connectivity index (χ3n) is 2.98. The average molecular weight is 289 g/mol. The molecule has 0 aromatic carbocycles. The normalized spacial score (nSPS) is 10.2. The van der Waals surface area contributed by atoms with Crippen LogP contribution in [0.25, 0.3) is 0 Å². The van der Waals surface area contributed by atoms with Crippen LogP contribution < -0.4 is 10.2 Å². The minimum atomic E-state index is -0.0935. The molecule has 2 heterocycles. The van der Waals surface area contributed by atoms with Crippen LogP contribution in [0.1, 0.15) is 36.4 Å².